The van der Waals surface area contributed by atoms with Crippen LogP contribution in [-0.4, -0.2) is 66.5 Å². The molecule has 1 aromatic carbocycles. The normalized spacial score (nSPS) is 24.1. The van der Waals surface area contributed by atoms with Crippen LogP contribution in [0.4, 0.5) is 19.0 Å². The van der Waals surface area contributed by atoms with Crippen LogP contribution in [0.3, 0.4) is 0 Å². The number of hydrogen-bond acceptors (Lipinski definition) is 6. The number of nitrogens with zero attached hydrogens (tertiary/aromatic N) is 2. The number of likely N-dealkylation sites (tertiary alicyclic amines) is 1. The first-order valence-corrected chi connectivity index (χ1v) is 13.4. The number of pyridine rings is 1. The Morgan fingerprint density at radius 2 is 2.14 bits per heavy atom. The molecule has 0 amide bonds. The molecule has 2 aromatic rings. The predicted molar refractivity (Wildman–Crippen MR) is 134 cm³/mol. The number of aliphatic hydroxyl groups is 1. The van der Waals surface area contributed by atoms with Gasteiger partial charge in [-0.05, 0) is 73.4 Å². The van der Waals surface area contributed by atoms with E-state index in [0.29, 0.717) is 30.8 Å². The van der Waals surface area contributed by atoms with E-state index >= 15 is 0 Å². The van der Waals surface area contributed by atoms with Crippen LogP contribution in [0.1, 0.15) is 66.6 Å². The van der Waals surface area contributed by atoms with Gasteiger partial charge in [-0.1, -0.05) is 12.1 Å². The summed E-state index contributed by atoms with van der Waals surface area (Å²) in [5, 5.41) is 13.6. The number of fused-ring (bicyclic) bond motifs is 1. The molecule has 37 heavy (non-hydrogen) atoms. The Morgan fingerprint density at radius 3 is 2.95 bits per heavy atom. The van der Waals surface area contributed by atoms with Crippen molar-refractivity contribution in [2.24, 2.45) is 0 Å². The quantitative estimate of drug-likeness (QED) is 0.439. The van der Waals surface area contributed by atoms with Gasteiger partial charge < -0.3 is 19.9 Å². The fourth-order valence-corrected chi connectivity index (χ4v) is 5.69. The largest absolute Gasteiger partial charge is 0.394 e. The van der Waals surface area contributed by atoms with Gasteiger partial charge in [-0.2, -0.15) is 0 Å². The zero-order valence-electron chi connectivity index (χ0n) is 21.1. The lowest BCUT2D eigenvalue weighted by Gasteiger charge is -2.29. The van der Waals surface area contributed by atoms with Crippen molar-refractivity contribution in [2.45, 2.75) is 69.1 Å². The number of halogens is 3. The topological polar surface area (TPSA) is 66.9 Å². The molecular weight excluding hydrogens is 483 g/mol. The van der Waals surface area contributed by atoms with Gasteiger partial charge in [0, 0.05) is 38.4 Å². The maximum Gasteiger partial charge on any atom is 0.273 e. The number of alkyl halides is 2. The lowest BCUT2D eigenvalue weighted by Crippen LogP contribution is -2.31. The minimum Gasteiger partial charge on any atom is -0.394 e. The maximum atomic E-state index is 14.2. The van der Waals surface area contributed by atoms with Crippen molar-refractivity contribution < 1.29 is 27.8 Å². The minimum atomic E-state index is -2.90. The van der Waals surface area contributed by atoms with Gasteiger partial charge in [0.1, 0.15) is 18.2 Å². The van der Waals surface area contributed by atoms with E-state index in [1.54, 1.807) is 0 Å². The van der Waals surface area contributed by atoms with Crippen LogP contribution in [0, 0.1) is 5.82 Å². The molecule has 2 fully saturated rings. The zero-order chi connectivity index (χ0) is 25.8. The first-order chi connectivity index (χ1) is 17.9. The highest BCUT2D eigenvalue weighted by atomic mass is 19.3. The first kappa shape index (κ1) is 26.4. The highest BCUT2D eigenvalue weighted by molar-refractivity contribution is 5.47. The van der Waals surface area contributed by atoms with E-state index < -0.39 is 36.9 Å². The van der Waals surface area contributed by atoms with E-state index in [-0.39, 0.29) is 12.7 Å². The Kier molecular flexibility index (Phi) is 8.34. The Balaban J connectivity index is 1.11. The third-order valence-electron chi connectivity index (χ3n) is 7.66. The summed E-state index contributed by atoms with van der Waals surface area (Å²) < 4.78 is 53.2. The molecule has 0 aliphatic carbocycles. The number of unbranched alkanes of at least 4 members (excludes halogenated alkanes) is 1. The van der Waals surface area contributed by atoms with Crippen molar-refractivity contribution in [3.63, 3.8) is 0 Å². The molecule has 1 aromatic heterocycles. The summed E-state index contributed by atoms with van der Waals surface area (Å²) >= 11 is 0. The molecule has 4 heterocycles. The van der Waals surface area contributed by atoms with E-state index in [2.05, 4.69) is 22.3 Å². The minimum absolute atomic E-state index is 0.0178. The molecule has 3 aliphatic heterocycles. The van der Waals surface area contributed by atoms with Crippen molar-refractivity contribution in [1.82, 2.24) is 9.88 Å². The maximum absolute atomic E-state index is 14.2. The molecule has 3 atom stereocenters. The second-order valence-electron chi connectivity index (χ2n) is 10.4. The molecule has 2 saturated heterocycles. The van der Waals surface area contributed by atoms with E-state index in [4.69, 9.17) is 14.5 Å². The van der Waals surface area contributed by atoms with Crippen LogP contribution in [0.25, 0.3) is 0 Å². The second kappa shape index (κ2) is 11.7. The van der Waals surface area contributed by atoms with Gasteiger partial charge in [0.25, 0.3) is 5.92 Å². The highest BCUT2D eigenvalue weighted by Crippen LogP contribution is 2.42. The number of nitrogens with one attached hydrogen (secondary N) is 1. The standard InChI is InChI=1S/C28H36F3N3O3/c29-20-7-9-23(26-15-28(30,31)18-37-26)24(14-20)25(17-35)34-12-10-22(16-34)36-13-2-1-5-21-8-6-19-4-3-11-32-27(19)33-21/h6-9,14,22,25-26,35H,1-5,10-13,15-18H2,(H,32,33)/t22-,25?,26?/m1/s1. The molecule has 202 valence electrons. The van der Waals surface area contributed by atoms with Crippen LogP contribution < -0.4 is 5.32 Å². The Hall–Kier alpha value is -2.20. The van der Waals surface area contributed by atoms with Crippen molar-refractivity contribution >= 4 is 5.82 Å². The van der Waals surface area contributed by atoms with Crippen molar-refractivity contribution in [2.75, 3.05) is 44.8 Å². The molecule has 0 saturated carbocycles. The van der Waals surface area contributed by atoms with Crippen molar-refractivity contribution in [3.05, 3.63) is 58.5 Å². The average Bonchev–Trinajstić information content (AvgIpc) is 3.50. The van der Waals surface area contributed by atoms with Gasteiger partial charge in [-0.3, -0.25) is 4.90 Å². The third kappa shape index (κ3) is 6.45. The van der Waals surface area contributed by atoms with Crippen LogP contribution in [-0.2, 0) is 22.3 Å². The number of rotatable bonds is 10. The fraction of sp³-hybridized carbons (Fsp3) is 0.607. The molecule has 9 heteroatoms. The van der Waals surface area contributed by atoms with Crippen LogP contribution in [0.2, 0.25) is 0 Å². The summed E-state index contributed by atoms with van der Waals surface area (Å²) in [5.41, 5.74) is 3.43. The zero-order valence-corrected chi connectivity index (χ0v) is 21.1. The summed E-state index contributed by atoms with van der Waals surface area (Å²) in [6.07, 6.45) is 4.63. The highest BCUT2D eigenvalue weighted by Gasteiger charge is 2.43. The molecule has 6 nitrogen and oxygen atoms in total. The molecule has 0 bridgehead atoms. The van der Waals surface area contributed by atoms with Gasteiger partial charge in [0.05, 0.1) is 24.9 Å². The Bertz CT molecular complexity index is 1070. The molecule has 5 rings (SSSR count). The summed E-state index contributed by atoms with van der Waals surface area (Å²) in [5.74, 6) is -2.33. The Morgan fingerprint density at radius 1 is 1.24 bits per heavy atom. The van der Waals surface area contributed by atoms with E-state index in [0.717, 1.165) is 56.6 Å². The van der Waals surface area contributed by atoms with E-state index in [1.165, 1.54) is 23.8 Å². The van der Waals surface area contributed by atoms with E-state index in [9.17, 15) is 18.3 Å². The number of ether oxygens (including phenoxy) is 2. The third-order valence-corrected chi connectivity index (χ3v) is 7.66. The lowest BCUT2D eigenvalue weighted by atomic mass is 9.94. The summed E-state index contributed by atoms with van der Waals surface area (Å²) in [4.78, 5) is 6.80. The van der Waals surface area contributed by atoms with Crippen molar-refractivity contribution in [1.29, 1.82) is 0 Å². The van der Waals surface area contributed by atoms with Crippen LogP contribution >= 0.6 is 0 Å². The predicted octanol–water partition coefficient (Wildman–Crippen LogP) is 4.82. The number of aliphatic hydroxyl groups excluding tert-OH is 1. The molecule has 0 radical (unpaired) electrons. The number of benzene rings is 1. The summed E-state index contributed by atoms with van der Waals surface area (Å²) in [7, 11) is 0. The van der Waals surface area contributed by atoms with Gasteiger partial charge in [0.2, 0.25) is 0 Å². The number of hydrogen-bond donors (Lipinski definition) is 2. The first-order valence-electron chi connectivity index (χ1n) is 13.4. The van der Waals surface area contributed by atoms with Gasteiger partial charge in [-0.15, -0.1) is 0 Å². The van der Waals surface area contributed by atoms with Gasteiger partial charge in [-0.25, -0.2) is 18.2 Å². The fourth-order valence-electron chi connectivity index (χ4n) is 5.69. The molecule has 0 spiro atoms. The number of aromatic nitrogens is 1. The van der Waals surface area contributed by atoms with Crippen LogP contribution in [0.5, 0.6) is 0 Å². The molecule has 3 aliphatic rings. The van der Waals surface area contributed by atoms with Gasteiger partial charge in [0.15, 0.2) is 0 Å². The van der Waals surface area contributed by atoms with Crippen molar-refractivity contribution in [3.8, 4) is 0 Å². The molecular formula is C28H36F3N3O3. The van der Waals surface area contributed by atoms with E-state index in [1.807, 2.05) is 0 Å². The molecule has 2 unspecified atom stereocenters. The smallest absolute Gasteiger partial charge is 0.273 e. The summed E-state index contributed by atoms with van der Waals surface area (Å²) in [6.45, 7) is 2.02. The SMILES string of the molecule is OCC(c1cc(F)ccc1C1CC(F)(F)CO1)N1CC[C@@H](OCCCCc2ccc3c(n2)NCCC3)C1. The lowest BCUT2D eigenvalue weighted by molar-refractivity contribution is -0.0102. The average molecular weight is 520 g/mol. The monoisotopic (exact) mass is 519 g/mol. The second-order valence-corrected chi connectivity index (χ2v) is 10.4. The Labute approximate surface area is 216 Å². The van der Waals surface area contributed by atoms with Crippen LogP contribution in [0.15, 0.2) is 30.3 Å². The summed E-state index contributed by atoms with van der Waals surface area (Å²) in [6, 6.07) is 7.92. The van der Waals surface area contributed by atoms with Gasteiger partial charge >= 0.3 is 0 Å². The number of aryl methyl sites for hydroxylation is 2. The molecule has 2 N–H and O–H groups in total. The number of anilines is 1.